The zero-order valence-corrected chi connectivity index (χ0v) is 21.9. The SMILES string of the molecule is CCSCCOC(=O)C1=C(C)NC2=C(C(=O)[C@H](C(=O)OC)[C@H](C)C2)[C@@H]1c1ccc(OC)cc1OC. The molecule has 1 aromatic rings. The molecule has 1 aliphatic heterocycles. The van der Waals surface area contributed by atoms with Gasteiger partial charge in [-0.2, -0.15) is 11.8 Å². The number of rotatable bonds is 9. The van der Waals surface area contributed by atoms with Crippen molar-refractivity contribution in [1.82, 2.24) is 5.32 Å². The van der Waals surface area contributed by atoms with Gasteiger partial charge in [-0.1, -0.05) is 19.9 Å². The molecule has 2 aliphatic rings. The minimum absolute atomic E-state index is 0.252. The lowest BCUT2D eigenvalue weighted by Gasteiger charge is -2.38. The first-order chi connectivity index (χ1) is 16.8. The average Bonchev–Trinajstić information content (AvgIpc) is 2.84. The minimum atomic E-state index is -0.955. The number of ketones is 1. The first kappa shape index (κ1) is 26.7. The van der Waals surface area contributed by atoms with E-state index in [1.165, 1.54) is 14.2 Å². The van der Waals surface area contributed by atoms with Crippen LogP contribution in [0.5, 0.6) is 11.5 Å². The van der Waals surface area contributed by atoms with E-state index in [2.05, 4.69) is 5.32 Å². The third-order valence-corrected chi connectivity index (χ3v) is 7.24. The number of benzene rings is 1. The topological polar surface area (TPSA) is 100 Å². The first-order valence-corrected chi connectivity index (χ1v) is 12.7. The predicted molar refractivity (Wildman–Crippen MR) is 133 cm³/mol. The molecule has 0 bridgehead atoms. The van der Waals surface area contributed by atoms with E-state index in [9.17, 15) is 14.4 Å². The Morgan fingerprint density at radius 2 is 1.91 bits per heavy atom. The van der Waals surface area contributed by atoms with Crippen LogP contribution in [0.4, 0.5) is 0 Å². The second-order valence-corrected chi connectivity index (χ2v) is 9.87. The highest BCUT2D eigenvalue weighted by atomic mass is 32.2. The van der Waals surface area contributed by atoms with Gasteiger partial charge in [0.2, 0.25) is 0 Å². The summed E-state index contributed by atoms with van der Waals surface area (Å²) in [6, 6.07) is 5.25. The molecular formula is C26H33NO7S. The lowest BCUT2D eigenvalue weighted by molar-refractivity contribution is -0.151. The molecule has 1 heterocycles. The molecule has 190 valence electrons. The first-order valence-electron chi connectivity index (χ1n) is 11.6. The molecule has 0 saturated carbocycles. The number of hydrogen-bond donors (Lipinski definition) is 1. The maximum Gasteiger partial charge on any atom is 0.336 e. The minimum Gasteiger partial charge on any atom is -0.497 e. The Kier molecular flexibility index (Phi) is 8.88. The Morgan fingerprint density at radius 1 is 1.17 bits per heavy atom. The van der Waals surface area contributed by atoms with E-state index in [1.54, 1.807) is 44.0 Å². The Hall–Kier alpha value is -2.94. The Balaban J connectivity index is 2.15. The van der Waals surface area contributed by atoms with Crippen LogP contribution in [0.3, 0.4) is 0 Å². The van der Waals surface area contributed by atoms with Crippen LogP contribution < -0.4 is 14.8 Å². The van der Waals surface area contributed by atoms with Crippen molar-refractivity contribution in [3.05, 3.63) is 46.3 Å². The molecule has 0 spiro atoms. The van der Waals surface area contributed by atoms with Crippen molar-refractivity contribution in [3.8, 4) is 11.5 Å². The molecule has 8 nitrogen and oxygen atoms in total. The quantitative estimate of drug-likeness (QED) is 0.308. The van der Waals surface area contributed by atoms with Gasteiger partial charge < -0.3 is 24.3 Å². The number of esters is 2. The van der Waals surface area contributed by atoms with Gasteiger partial charge in [-0.3, -0.25) is 9.59 Å². The molecule has 0 radical (unpaired) electrons. The van der Waals surface area contributed by atoms with E-state index in [0.717, 1.165) is 5.75 Å². The van der Waals surface area contributed by atoms with E-state index in [0.29, 0.717) is 51.8 Å². The highest BCUT2D eigenvalue weighted by Crippen LogP contribution is 2.48. The third-order valence-electron chi connectivity index (χ3n) is 6.38. The van der Waals surface area contributed by atoms with E-state index >= 15 is 0 Å². The van der Waals surface area contributed by atoms with Gasteiger partial charge in [-0.15, -0.1) is 0 Å². The molecule has 35 heavy (non-hydrogen) atoms. The summed E-state index contributed by atoms with van der Waals surface area (Å²) in [5.74, 6) is -0.807. The second kappa shape index (κ2) is 11.7. The summed E-state index contributed by atoms with van der Waals surface area (Å²) >= 11 is 1.67. The standard InChI is InChI=1S/C26H33NO7S/c1-7-35-11-10-34-26(30)21-15(3)27-18-12-14(2)20(25(29)33-6)24(28)23(18)22(21)17-9-8-16(31-4)13-19(17)32-5/h8-9,13-14,20,22,27H,7,10-12H2,1-6H3/t14-,20-,22-/m1/s1. The van der Waals surface area contributed by atoms with Gasteiger partial charge in [0.25, 0.3) is 0 Å². The van der Waals surface area contributed by atoms with Crippen molar-refractivity contribution >= 4 is 29.5 Å². The van der Waals surface area contributed by atoms with E-state index in [-0.39, 0.29) is 18.3 Å². The van der Waals surface area contributed by atoms with Crippen molar-refractivity contribution in [1.29, 1.82) is 0 Å². The molecule has 0 amide bonds. The summed E-state index contributed by atoms with van der Waals surface area (Å²) in [4.78, 5) is 39.7. The van der Waals surface area contributed by atoms with Gasteiger partial charge in [0.1, 0.15) is 24.0 Å². The van der Waals surface area contributed by atoms with Crippen molar-refractivity contribution in [3.63, 3.8) is 0 Å². The fourth-order valence-electron chi connectivity index (χ4n) is 4.73. The number of carbonyl (C=O) groups is 3. The zero-order chi connectivity index (χ0) is 25.7. The molecular weight excluding hydrogens is 470 g/mol. The second-order valence-electron chi connectivity index (χ2n) is 8.48. The van der Waals surface area contributed by atoms with Crippen LogP contribution in [0.1, 0.15) is 38.7 Å². The van der Waals surface area contributed by atoms with Crippen LogP contribution >= 0.6 is 11.8 Å². The zero-order valence-electron chi connectivity index (χ0n) is 21.1. The number of ether oxygens (including phenoxy) is 4. The highest BCUT2D eigenvalue weighted by molar-refractivity contribution is 7.99. The summed E-state index contributed by atoms with van der Waals surface area (Å²) in [5.41, 5.74) is 2.60. The predicted octanol–water partition coefficient (Wildman–Crippen LogP) is 3.61. The van der Waals surface area contributed by atoms with Gasteiger partial charge in [-0.25, -0.2) is 4.79 Å². The molecule has 0 saturated heterocycles. The van der Waals surface area contributed by atoms with Crippen molar-refractivity contribution in [2.24, 2.45) is 11.8 Å². The van der Waals surface area contributed by atoms with Crippen molar-refractivity contribution in [2.75, 3.05) is 39.4 Å². The van der Waals surface area contributed by atoms with Crippen LogP contribution in [-0.4, -0.2) is 57.2 Å². The molecule has 1 aromatic carbocycles. The Morgan fingerprint density at radius 3 is 2.54 bits per heavy atom. The number of nitrogens with one attached hydrogen (secondary N) is 1. The van der Waals surface area contributed by atoms with Gasteiger partial charge >= 0.3 is 11.9 Å². The van der Waals surface area contributed by atoms with Gasteiger partial charge in [0.15, 0.2) is 5.78 Å². The highest BCUT2D eigenvalue weighted by Gasteiger charge is 2.47. The fourth-order valence-corrected chi connectivity index (χ4v) is 5.22. The summed E-state index contributed by atoms with van der Waals surface area (Å²) in [7, 11) is 4.34. The number of dihydropyridines is 1. The maximum atomic E-state index is 13.8. The van der Waals surface area contributed by atoms with E-state index in [1.807, 2.05) is 13.8 Å². The van der Waals surface area contributed by atoms with E-state index in [4.69, 9.17) is 18.9 Å². The Bertz CT molecular complexity index is 1060. The lowest BCUT2D eigenvalue weighted by atomic mass is 9.69. The summed E-state index contributed by atoms with van der Waals surface area (Å²) in [6.07, 6.45) is 0.461. The molecule has 0 aromatic heterocycles. The molecule has 0 fully saturated rings. The largest absolute Gasteiger partial charge is 0.497 e. The van der Waals surface area contributed by atoms with Crippen LogP contribution in [0, 0.1) is 11.8 Å². The molecule has 1 aliphatic carbocycles. The van der Waals surface area contributed by atoms with Crippen LogP contribution in [-0.2, 0) is 23.9 Å². The number of thioether (sulfide) groups is 1. The summed E-state index contributed by atoms with van der Waals surface area (Å²) in [5, 5.41) is 3.26. The number of allylic oxidation sites excluding steroid dienone is 3. The average molecular weight is 504 g/mol. The number of hydrogen-bond acceptors (Lipinski definition) is 9. The van der Waals surface area contributed by atoms with Gasteiger partial charge in [0.05, 0.1) is 32.8 Å². The summed E-state index contributed by atoms with van der Waals surface area (Å²) in [6.45, 7) is 5.94. The maximum absolute atomic E-state index is 13.8. The number of carbonyl (C=O) groups excluding carboxylic acids is 3. The molecule has 1 N–H and O–H groups in total. The third kappa shape index (κ3) is 5.34. The van der Waals surface area contributed by atoms with E-state index < -0.39 is 23.8 Å². The molecule has 9 heteroatoms. The van der Waals surface area contributed by atoms with Crippen LogP contribution in [0.2, 0.25) is 0 Å². The van der Waals surface area contributed by atoms with Gasteiger partial charge in [-0.05, 0) is 31.1 Å². The number of methoxy groups -OCH3 is 3. The number of Topliss-reactive ketones (excluding diaryl/α,β-unsaturated/α-hetero) is 1. The van der Waals surface area contributed by atoms with Gasteiger partial charge in [0, 0.05) is 34.3 Å². The smallest absolute Gasteiger partial charge is 0.336 e. The normalized spacial score (nSPS) is 21.8. The van der Waals surface area contributed by atoms with Crippen molar-refractivity contribution < 1.29 is 33.3 Å². The van der Waals surface area contributed by atoms with Crippen LogP contribution in [0.25, 0.3) is 0 Å². The van der Waals surface area contributed by atoms with Crippen molar-refractivity contribution in [2.45, 2.75) is 33.1 Å². The van der Waals surface area contributed by atoms with Crippen LogP contribution in [0.15, 0.2) is 40.7 Å². The molecule has 0 unspecified atom stereocenters. The monoisotopic (exact) mass is 503 g/mol. The molecule has 3 atom stereocenters. The lowest BCUT2D eigenvalue weighted by Crippen LogP contribution is -2.43. The fraction of sp³-hybridized carbons (Fsp3) is 0.500. The summed E-state index contributed by atoms with van der Waals surface area (Å²) < 4.78 is 21.5. The molecule has 3 rings (SSSR count). The Labute approximate surface area is 210 Å².